The fourth-order valence-electron chi connectivity index (χ4n) is 5.07. The van der Waals surface area contributed by atoms with E-state index < -0.39 is 0 Å². The summed E-state index contributed by atoms with van der Waals surface area (Å²) in [6.07, 6.45) is 3.18. The van der Waals surface area contributed by atoms with E-state index in [0.29, 0.717) is 31.5 Å². The van der Waals surface area contributed by atoms with E-state index >= 15 is 0 Å². The molecule has 3 atom stereocenters. The zero-order chi connectivity index (χ0) is 20.5. The van der Waals surface area contributed by atoms with Gasteiger partial charge in [0.15, 0.2) is 0 Å². The Kier molecular flexibility index (Phi) is 5.32. The predicted molar refractivity (Wildman–Crippen MR) is 119 cm³/mol. The number of para-hydroxylation sites is 1. The molecule has 1 saturated heterocycles. The summed E-state index contributed by atoms with van der Waals surface area (Å²) in [5.74, 6) is 0.0502. The molecule has 1 aliphatic carbocycles. The Balaban J connectivity index is 1.29. The fraction of sp³-hybridized carbons (Fsp3) is 0.400. The number of rotatable bonds is 5. The van der Waals surface area contributed by atoms with Crippen LogP contribution in [0.25, 0.3) is 10.9 Å². The predicted octanol–water partition coefficient (Wildman–Crippen LogP) is 4.06. The highest BCUT2D eigenvalue weighted by Gasteiger charge is 2.33. The number of aromatic amines is 1. The Bertz CT molecular complexity index is 1010. The summed E-state index contributed by atoms with van der Waals surface area (Å²) in [6, 6.07) is 19.4. The van der Waals surface area contributed by atoms with Crippen LogP contribution >= 0.6 is 0 Å². The first-order chi connectivity index (χ1) is 14.7. The minimum atomic E-state index is 0.0502. The van der Waals surface area contributed by atoms with Crippen molar-refractivity contribution < 1.29 is 9.53 Å². The average molecular weight is 404 g/mol. The van der Waals surface area contributed by atoms with Crippen LogP contribution in [0.3, 0.4) is 0 Å². The van der Waals surface area contributed by atoms with E-state index in [0.717, 1.165) is 30.2 Å². The van der Waals surface area contributed by atoms with Gasteiger partial charge in [0.25, 0.3) is 5.91 Å². The number of aromatic nitrogens is 1. The van der Waals surface area contributed by atoms with E-state index in [2.05, 4.69) is 34.6 Å². The molecule has 2 N–H and O–H groups in total. The van der Waals surface area contributed by atoms with Crippen molar-refractivity contribution in [3.63, 3.8) is 0 Å². The van der Waals surface area contributed by atoms with Gasteiger partial charge < -0.3 is 19.9 Å². The molecular formula is C25H29N3O2. The number of carbonyl (C=O) groups is 1. The molecule has 0 saturated carbocycles. The summed E-state index contributed by atoms with van der Waals surface area (Å²) in [7, 11) is 0. The number of hydrogen-bond donors (Lipinski definition) is 2. The second-order valence-electron chi connectivity index (χ2n) is 8.44. The number of benzene rings is 2. The third-order valence-corrected chi connectivity index (χ3v) is 6.56. The summed E-state index contributed by atoms with van der Waals surface area (Å²) in [4.78, 5) is 18.5. The molecule has 2 heterocycles. The van der Waals surface area contributed by atoms with Crippen molar-refractivity contribution in [2.75, 3.05) is 19.8 Å². The van der Waals surface area contributed by atoms with Crippen molar-refractivity contribution in [2.45, 2.75) is 44.3 Å². The Morgan fingerprint density at radius 3 is 2.87 bits per heavy atom. The second-order valence-corrected chi connectivity index (χ2v) is 8.44. The van der Waals surface area contributed by atoms with Gasteiger partial charge in [0.2, 0.25) is 0 Å². The van der Waals surface area contributed by atoms with Gasteiger partial charge in [-0.3, -0.25) is 4.79 Å². The Morgan fingerprint density at radius 2 is 2.00 bits per heavy atom. The summed E-state index contributed by atoms with van der Waals surface area (Å²) in [5, 5.41) is 4.88. The lowest BCUT2D eigenvalue weighted by Crippen LogP contribution is -2.51. The largest absolute Gasteiger partial charge is 0.378 e. The molecule has 0 unspecified atom stereocenters. The van der Waals surface area contributed by atoms with Gasteiger partial charge >= 0.3 is 0 Å². The van der Waals surface area contributed by atoms with Crippen molar-refractivity contribution >= 4 is 16.8 Å². The van der Waals surface area contributed by atoms with Crippen LogP contribution < -0.4 is 5.32 Å². The fourth-order valence-corrected chi connectivity index (χ4v) is 5.07. The van der Waals surface area contributed by atoms with Gasteiger partial charge in [-0.05, 0) is 49.4 Å². The molecule has 5 rings (SSSR count). The number of H-pyrrole nitrogens is 1. The first kappa shape index (κ1) is 19.3. The first-order valence-corrected chi connectivity index (χ1v) is 11.0. The molecule has 156 valence electrons. The van der Waals surface area contributed by atoms with E-state index in [-0.39, 0.29) is 18.0 Å². The Hall–Kier alpha value is -2.63. The normalized spacial score (nSPS) is 23.4. The van der Waals surface area contributed by atoms with E-state index in [1.807, 2.05) is 42.2 Å². The third kappa shape index (κ3) is 3.64. The smallest absolute Gasteiger partial charge is 0.270 e. The Morgan fingerprint density at radius 1 is 1.17 bits per heavy atom. The molecule has 1 aliphatic heterocycles. The first-order valence-electron chi connectivity index (χ1n) is 11.0. The zero-order valence-corrected chi connectivity index (χ0v) is 17.4. The molecule has 30 heavy (non-hydrogen) atoms. The van der Waals surface area contributed by atoms with Crippen molar-refractivity contribution in [2.24, 2.45) is 0 Å². The van der Waals surface area contributed by atoms with E-state index in [9.17, 15) is 4.79 Å². The summed E-state index contributed by atoms with van der Waals surface area (Å²) in [6.45, 7) is 4.01. The minimum absolute atomic E-state index is 0.0502. The van der Waals surface area contributed by atoms with Gasteiger partial charge in [-0.15, -0.1) is 0 Å². The van der Waals surface area contributed by atoms with Gasteiger partial charge in [-0.2, -0.15) is 0 Å². The van der Waals surface area contributed by atoms with Crippen LogP contribution in [0, 0.1) is 0 Å². The maximum atomic E-state index is 13.3. The molecule has 1 amide bonds. The van der Waals surface area contributed by atoms with Gasteiger partial charge in [-0.1, -0.05) is 42.5 Å². The summed E-state index contributed by atoms with van der Waals surface area (Å²) >= 11 is 0. The molecule has 0 spiro atoms. The van der Waals surface area contributed by atoms with Crippen LogP contribution in [0.2, 0.25) is 0 Å². The highest BCUT2D eigenvalue weighted by Crippen LogP contribution is 2.32. The second kappa shape index (κ2) is 8.25. The molecule has 1 fully saturated rings. The topological polar surface area (TPSA) is 57.4 Å². The van der Waals surface area contributed by atoms with Crippen LogP contribution in [0.4, 0.5) is 0 Å². The third-order valence-electron chi connectivity index (χ3n) is 6.56. The SMILES string of the molecule is CCN(C(=O)c1cc2ccccc2[nH]1)[C@@H]1COC[C@@H](N[C@@H]2CCc3ccccc32)C1. The average Bonchev–Trinajstić information content (AvgIpc) is 3.39. The van der Waals surface area contributed by atoms with Gasteiger partial charge in [0.05, 0.1) is 19.3 Å². The van der Waals surface area contributed by atoms with Crippen LogP contribution in [-0.4, -0.2) is 47.6 Å². The van der Waals surface area contributed by atoms with Crippen LogP contribution in [0.15, 0.2) is 54.6 Å². The molecule has 2 aromatic carbocycles. The van der Waals surface area contributed by atoms with Crippen molar-refractivity contribution in [3.8, 4) is 0 Å². The quantitative estimate of drug-likeness (QED) is 0.675. The monoisotopic (exact) mass is 403 g/mol. The zero-order valence-electron chi connectivity index (χ0n) is 17.4. The molecule has 5 nitrogen and oxygen atoms in total. The minimum Gasteiger partial charge on any atom is -0.378 e. The van der Waals surface area contributed by atoms with Crippen LogP contribution in [0.5, 0.6) is 0 Å². The lowest BCUT2D eigenvalue weighted by atomic mass is 10.0. The van der Waals surface area contributed by atoms with Crippen molar-refractivity contribution in [3.05, 3.63) is 71.4 Å². The number of likely N-dealkylation sites (N-methyl/N-ethyl adjacent to an activating group) is 1. The molecular weight excluding hydrogens is 374 g/mol. The van der Waals surface area contributed by atoms with Gasteiger partial charge in [-0.25, -0.2) is 0 Å². The van der Waals surface area contributed by atoms with E-state index in [1.165, 1.54) is 11.1 Å². The molecule has 0 bridgehead atoms. The Labute approximate surface area is 177 Å². The van der Waals surface area contributed by atoms with Crippen LogP contribution in [-0.2, 0) is 11.2 Å². The maximum absolute atomic E-state index is 13.3. The molecule has 5 heteroatoms. The number of fused-ring (bicyclic) bond motifs is 2. The number of nitrogens with one attached hydrogen (secondary N) is 2. The number of amides is 1. The standard InChI is InChI=1S/C25H29N3O2/c1-2-28(25(29)24-13-18-8-4-6-10-22(18)27-24)20-14-19(15-30-16-20)26-23-12-11-17-7-3-5-9-21(17)23/h3-10,13,19-20,23,26-27H,2,11-12,14-16H2,1H3/t19-,20-,23+/m0/s1. The lowest BCUT2D eigenvalue weighted by molar-refractivity contribution is 0.000932. The number of ether oxygens (including phenoxy) is 1. The maximum Gasteiger partial charge on any atom is 0.270 e. The summed E-state index contributed by atoms with van der Waals surface area (Å²) < 4.78 is 5.95. The van der Waals surface area contributed by atoms with Gasteiger partial charge in [0, 0.05) is 29.5 Å². The summed E-state index contributed by atoms with van der Waals surface area (Å²) in [5.41, 5.74) is 4.52. The molecule has 3 aromatic rings. The number of carbonyl (C=O) groups excluding carboxylic acids is 1. The molecule has 2 aliphatic rings. The highest BCUT2D eigenvalue weighted by atomic mass is 16.5. The van der Waals surface area contributed by atoms with E-state index in [4.69, 9.17) is 4.74 Å². The van der Waals surface area contributed by atoms with Gasteiger partial charge in [0.1, 0.15) is 5.69 Å². The van der Waals surface area contributed by atoms with Crippen molar-refractivity contribution in [1.29, 1.82) is 0 Å². The van der Waals surface area contributed by atoms with E-state index in [1.54, 1.807) is 0 Å². The van der Waals surface area contributed by atoms with Crippen molar-refractivity contribution in [1.82, 2.24) is 15.2 Å². The number of aryl methyl sites for hydroxylation is 1. The molecule has 0 radical (unpaired) electrons. The molecule has 1 aromatic heterocycles. The number of nitrogens with zero attached hydrogens (tertiary/aromatic N) is 1. The lowest BCUT2D eigenvalue weighted by Gasteiger charge is -2.38. The van der Waals surface area contributed by atoms with Crippen LogP contribution in [0.1, 0.15) is 47.4 Å². The number of hydrogen-bond acceptors (Lipinski definition) is 3. The highest BCUT2D eigenvalue weighted by molar-refractivity contribution is 5.98.